The Morgan fingerprint density at radius 3 is 2.50 bits per heavy atom. The fraction of sp³-hybridized carbons (Fsp3) is 0.444. The normalized spacial score (nSPS) is 11.3. The third-order valence-corrected chi connectivity index (χ3v) is 3.57. The van der Waals surface area contributed by atoms with Crippen molar-refractivity contribution in [1.29, 1.82) is 0 Å². The minimum Gasteiger partial charge on any atom is -0.375 e. The van der Waals surface area contributed by atoms with E-state index in [1.807, 2.05) is 18.3 Å². The van der Waals surface area contributed by atoms with Crippen molar-refractivity contribution in [3.05, 3.63) is 48.3 Å². The molecular weight excluding hydrogens is 272 g/mol. The predicted molar refractivity (Wildman–Crippen MR) is 93.6 cm³/mol. The van der Waals surface area contributed by atoms with Gasteiger partial charge in [0.05, 0.1) is 5.69 Å². The van der Waals surface area contributed by atoms with Crippen molar-refractivity contribution >= 4 is 11.6 Å². The van der Waals surface area contributed by atoms with Crippen molar-refractivity contribution in [2.45, 2.75) is 32.6 Å². The third-order valence-electron chi connectivity index (χ3n) is 3.57. The molecule has 1 aromatic carbocycles. The number of para-hydroxylation sites is 1. The summed E-state index contributed by atoms with van der Waals surface area (Å²) in [6.45, 7) is 8.34. The molecule has 0 bridgehead atoms. The molecule has 0 aliphatic carbocycles. The van der Waals surface area contributed by atoms with Crippen LogP contribution in [0.15, 0.2) is 42.6 Å². The highest BCUT2D eigenvalue weighted by Gasteiger charge is 2.15. The van der Waals surface area contributed by atoms with Gasteiger partial charge in [0.15, 0.2) is 0 Å². The van der Waals surface area contributed by atoms with Gasteiger partial charge in [-0.2, -0.15) is 0 Å². The van der Waals surface area contributed by atoms with Gasteiger partial charge in [-0.25, -0.2) is 9.97 Å². The zero-order chi connectivity index (χ0) is 16.0. The Morgan fingerprint density at radius 2 is 1.82 bits per heavy atom. The first-order valence-electron chi connectivity index (χ1n) is 7.80. The van der Waals surface area contributed by atoms with Crippen LogP contribution in [-0.2, 0) is 5.41 Å². The summed E-state index contributed by atoms with van der Waals surface area (Å²) in [6, 6.07) is 12.4. The Morgan fingerprint density at radius 1 is 1.09 bits per heavy atom. The molecule has 0 fully saturated rings. The molecule has 1 aromatic heterocycles. The van der Waals surface area contributed by atoms with Gasteiger partial charge in [-0.05, 0) is 24.6 Å². The van der Waals surface area contributed by atoms with E-state index in [2.05, 4.69) is 72.3 Å². The number of benzene rings is 1. The molecule has 0 aliphatic heterocycles. The largest absolute Gasteiger partial charge is 0.375 e. The van der Waals surface area contributed by atoms with Gasteiger partial charge in [0.1, 0.15) is 0 Å². The second kappa shape index (κ2) is 7.25. The number of rotatable bonds is 6. The van der Waals surface area contributed by atoms with Crippen LogP contribution in [0.1, 0.15) is 32.9 Å². The van der Waals surface area contributed by atoms with Crippen molar-refractivity contribution in [2.24, 2.45) is 0 Å². The number of nitrogens with one attached hydrogen (secondary N) is 1. The Balaban J connectivity index is 1.80. The number of nitrogens with zero attached hydrogens (tertiary/aromatic N) is 3. The lowest BCUT2D eigenvalue weighted by molar-refractivity contribution is 0.567. The second-order valence-electron chi connectivity index (χ2n) is 6.55. The molecule has 4 heteroatoms. The van der Waals surface area contributed by atoms with Crippen LogP contribution in [0.2, 0.25) is 0 Å². The Bertz CT molecular complexity index is 575. The van der Waals surface area contributed by atoms with E-state index in [9.17, 15) is 0 Å². The second-order valence-corrected chi connectivity index (χ2v) is 6.55. The molecule has 118 valence electrons. The van der Waals surface area contributed by atoms with Gasteiger partial charge in [-0.15, -0.1) is 0 Å². The van der Waals surface area contributed by atoms with Crippen molar-refractivity contribution in [2.75, 3.05) is 30.4 Å². The highest BCUT2D eigenvalue weighted by atomic mass is 15.1. The fourth-order valence-corrected chi connectivity index (χ4v) is 2.19. The van der Waals surface area contributed by atoms with Crippen LogP contribution in [0.5, 0.6) is 0 Å². The number of hydrogen-bond donors (Lipinski definition) is 1. The predicted octanol–water partition coefficient (Wildman–Crippen LogP) is 3.71. The highest BCUT2D eigenvalue weighted by Crippen LogP contribution is 2.20. The molecule has 2 rings (SSSR count). The molecule has 1 heterocycles. The SMILES string of the molecule is CN(CCCNc1nccc(C(C)(C)C)n1)c1ccccc1. The van der Waals surface area contributed by atoms with Gasteiger partial charge < -0.3 is 10.2 Å². The van der Waals surface area contributed by atoms with Crippen molar-refractivity contribution in [3.63, 3.8) is 0 Å². The number of hydrogen-bond acceptors (Lipinski definition) is 4. The summed E-state index contributed by atoms with van der Waals surface area (Å²) in [4.78, 5) is 11.1. The minimum absolute atomic E-state index is 0.0485. The first-order chi connectivity index (χ1) is 10.5. The topological polar surface area (TPSA) is 41.0 Å². The van der Waals surface area contributed by atoms with E-state index in [4.69, 9.17) is 0 Å². The molecule has 0 saturated carbocycles. The maximum Gasteiger partial charge on any atom is 0.222 e. The van der Waals surface area contributed by atoms with E-state index in [0.29, 0.717) is 0 Å². The highest BCUT2D eigenvalue weighted by molar-refractivity contribution is 5.44. The molecule has 0 amide bonds. The van der Waals surface area contributed by atoms with Crippen molar-refractivity contribution < 1.29 is 0 Å². The summed E-state index contributed by atoms with van der Waals surface area (Å²) in [5.41, 5.74) is 2.35. The molecule has 0 unspecified atom stereocenters. The van der Waals surface area contributed by atoms with Crippen molar-refractivity contribution in [1.82, 2.24) is 9.97 Å². The summed E-state index contributed by atoms with van der Waals surface area (Å²) in [7, 11) is 2.12. The van der Waals surface area contributed by atoms with E-state index in [0.717, 1.165) is 31.2 Å². The molecule has 22 heavy (non-hydrogen) atoms. The van der Waals surface area contributed by atoms with Gasteiger partial charge >= 0.3 is 0 Å². The first kappa shape index (κ1) is 16.3. The summed E-state index contributed by atoms with van der Waals surface area (Å²) in [5.74, 6) is 0.717. The molecule has 0 atom stereocenters. The van der Waals surface area contributed by atoms with Crippen LogP contribution in [0, 0.1) is 0 Å². The lowest BCUT2D eigenvalue weighted by Gasteiger charge is -2.20. The molecule has 0 aliphatic rings. The van der Waals surface area contributed by atoms with Gasteiger partial charge in [0.2, 0.25) is 5.95 Å². The van der Waals surface area contributed by atoms with E-state index in [-0.39, 0.29) is 5.41 Å². The Labute approximate surface area is 133 Å². The van der Waals surface area contributed by atoms with Gasteiger partial charge in [-0.3, -0.25) is 0 Å². The van der Waals surface area contributed by atoms with Crippen molar-refractivity contribution in [3.8, 4) is 0 Å². The molecule has 0 radical (unpaired) electrons. The lowest BCUT2D eigenvalue weighted by atomic mass is 9.92. The maximum atomic E-state index is 4.58. The molecular formula is C18H26N4. The van der Waals surface area contributed by atoms with Crippen LogP contribution in [0.25, 0.3) is 0 Å². The van der Waals surface area contributed by atoms with Crippen LogP contribution in [-0.4, -0.2) is 30.1 Å². The quantitative estimate of drug-likeness (QED) is 0.825. The standard InChI is InChI=1S/C18H26N4/c1-18(2,3)16-11-13-20-17(21-16)19-12-8-14-22(4)15-9-6-5-7-10-15/h5-7,9-11,13H,8,12,14H2,1-4H3,(H,19,20,21). The zero-order valence-electron chi connectivity index (χ0n) is 14.0. The average Bonchev–Trinajstić information content (AvgIpc) is 2.52. The molecule has 4 nitrogen and oxygen atoms in total. The van der Waals surface area contributed by atoms with Gasteiger partial charge in [-0.1, -0.05) is 39.0 Å². The summed E-state index contributed by atoms with van der Waals surface area (Å²) >= 11 is 0. The molecule has 0 spiro atoms. The molecule has 2 aromatic rings. The van der Waals surface area contributed by atoms with Crippen LogP contribution < -0.4 is 10.2 Å². The zero-order valence-corrected chi connectivity index (χ0v) is 14.0. The maximum absolute atomic E-state index is 4.58. The minimum atomic E-state index is 0.0485. The third kappa shape index (κ3) is 4.72. The monoisotopic (exact) mass is 298 g/mol. The van der Waals surface area contributed by atoms with E-state index < -0.39 is 0 Å². The lowest BCUT2D eigenvalue weighted by Crippen LogP contribution is -2.21. The summed E-state index contributed by atoms with van der Waals surface area (Å²) in [5, 5.41) is 3.32. The number of aromatic nitrogens is 2. The fourth-order valence-electron chi connectivity index (χ4n) is 2.19. The Kier molecular flexibility index (Phi) is 5.36. The van der Waals surface area contributed by atoms with Gasteiger partial charge in [0, 0.05) is 37.4 Å². The first-order valence-corrected chi connectivity index (χ1v) is 7.80. The molecule has 0 saturated heterocycles. The van der Waals surface area contributed by atoms with E-state index >= 15 is 0 Å². The summed E-state index contributed by atoms with van der Waals surface area (Å²) in [6.07, 6.45) is 2.86. The van der Waals surface area contributed by atoms with E-state index in [1.165, 1.54) is 5.69 Å². The van der Waals surface area contributed by atoms with E-state index in [1.54, 1.807) is 0 Å². The molecule has 1 N–H and O–H groups in total. The number of anilines is 2. The average molecular weight is 298 g/mol. The Hall–Kier alpha value is -2.10. The summed E-state index contributed by atoms with van der Waals surface area (Å²) < 4.78 is 0. The van der Waals surface area contributed by atoms with Crippen LogP contribution in [0.3, 0.4) is 0 Å². The van der Waals surface area contributed by atoms with Crippen LogP contribution in [0.4, 0.5) is 11.6 Å². The smallest absolute Gasteiger partial charge is 0.222 e. The van der Waals surface area contributed by atoms with Gasteiger partial charge in [0.25, 0.3) is 0 Å². The van der Waals surface area contributed by atoms with Crippen LogP contribution >= 0.6 is 0 Å².